The van der Waals surface area contributed by atoms with Crippen molar-refractivity contribution in [2.45, 2.75) is 157 Å². The molecule has 66 heavy (non-hydrogen) atoms. The first-order valence-corrected chi connectivity index (χ1v) is 24.4. The number of likely N-dealkylation sites (tertiary alicyclic amines) is 2. The van der Waals surface area contributed by atoms with Crippen LogP contribution in [0.15, 0.2) is 39.3 Å². The van der Waals surface area contributed by atoms with Gasteiger partial charge in [-0.3, -0.25) is 9.36 Å². The van der Waals surface area contributed by atoms with Gasteiger partial charge in [-0.1, -0.05) is 0 Å². The van der Waals surface area contributed by atoms with Crippen LogP contribution >= 0.6 is 38.6 Å². The molecule has 4 aromatic rings. The molecule has 0 atom stereocenters. The van der Waals surface area contributed by atoms with E-state index < -0.39 is 18.3 Å². The van der Waals surface area contributed by atoms with Crippen molar-refractivity contribution in [3.63, 3.8) is 0 Å². The second-order valence-corrected chi connectivity index (χ2v) is 22.4. The maximum Gasteiger partial charge on any atom is 0.498 e. The lowest BCUT2D eigenvalue weighted by atomic mass is 9.82. The summed E-state index contributed by atoms with van der Waals surface area (Å²) in [5.41, 5.74) is 5.90. The minimum Gasteiger partial charge on any atom is -0.444 e. The topological polar surface area (TPSA) is 181 Å². The minimum absolute atomic E-state index is 0.211. The van der Waals surface area contributed by atoms with Gasteiger partial charge in [-0.2, -0.15) is 29.4 Å². The Bertz CT molecular complexity index is 2220. The van der Waals surface area contributed by atoms with Crippen molar-refractivity contribution >= 4 is 75.7 Å². The molecule has 3 aliphatic heterocycles. The maximum absolute atomic E-state index is 12.2. The molecule has 3 fully saturated rings. The van der Waals surface area contributed by atoms with Crippen LogP contribution in [0.25, 0.3) is 10.4 Å². The van der Waals surface area contributed by atoms with E-state index in [1.165, 1.54) is 36.5 Å². The van der Waals surface area contributed by atoms with E-state index in [2.05, 4.69) is 75.5 Å². The van der Waals surface area contributed by atoms with Gasteiger partial charge in [-0.05, 0) is 172 Å². The average molecular weight is 1020 g/mol. The van der Waals surface area contributed by atoms with E-state index in [1.54, 1.807) is 32.5 Å². The van der Waals surface area contributed by atoms with Gasteiger partial charge >= 0.3 is 31.6 Å². The van der Waals surface area contributed by atoms with Crippen molar-refractivity contribution in [1.29, 1.82) is 0 Å². The third kappa shape index (κ3) is 16.1. The van der Waals surface area contributed by atoms with E-state index in [0.29, 0.717) is 32.2 Å². The van der Waals surface area contributed by atoms with E-state index in [-0.39, 0.29) is 41.7 Å². The van der Waals surface area contributed by atoms with E-state index in [0.717, 1.165) is 31.1 Å². The highest BCUT2D eigenvalue weighted by molar-refractivity contribution is 9.11. The lowest BCUT2D eigenvalue weighted by Gasteiger charge is -2.33. The van der Waals surface area contributed by atoms with Gasteiger partial charge in [0.05, 0.1) is 33.3 Å². The van der Waals surface area contributed by atoms with E-state index in [1.807, 2.05) is 92.5 Å². The normalized spacial score (nSPS) is 17.0. The largest absolute Gasteiger partial charge is 0.498 e. The predicted molar refractivity (Wildman–Crippen MR) is 257 cm³/mol. The zero-order valence-electron chi connectivity index (χ0n) is 40.8. The van der Waals surface area contributed by atoms with E-state index >= 15 is 0 Å². The second-order valence-electron chi connectivity index (χ2n) is 19.3. The van der Waals surface area contributed by atoms with Crippen LogP contribution in [0.5, 0.6) is 0 Å². The summed E-state index contributed by atoms with van der Waals surface area (Å²) in [4.78, 5) is 61.8. The molecule has 0 aromatic carbocycles. The van der Waals surface area contributed by atoms with Gasteiger partial charge in [0.2, 0.25) is 0 Å². The summed E-state index contributed by atoms with van der Waals surface area (Å²) in [6.07, 6.45) is 11.5. The number of ether oxygens (including phenoxy) is 2. The van der Waals surface area contributed by atoms with Crippen LogP contribution < -0.4 is 5.46 Å². The lowest BCUT2D eigenvalue weighted by molar-refractivity contribution is -0.193. The highest BCUT2D eigenvalue weighted by Crippen LogP contribution is 2.37. The third-order valence-corrected chi connectivity index (χ3v) is 14.9. The number of carbonyl (C=O) groups is 2. The molecule has 0 bridgehead atoms. The number of carbonyl (C=O) groups excluding carboxylic acids is 6. The molecular formula is C46H66BBrN6O10S2. The molecule has 20 heteroatoms. The van der Waals surface area contributed by atoms with Crippen molar-refractivity contribution in [2.75, 3.05) is 26.2 Å². The number of aryl methyl sites for hydroxylation is 2. The van der Waals surface area contributed by atoms with Crippen LogP contribution in [0.1, 0.15) is 129 Å². The molecule has 0 aliphatic carbocycles. The molecule has 4 aromatic heterocycles. The number of rotatable bonds is 4. The number of hydrogen-bond acceptors (Lipinski definition) is 14. The highest BCUT2D eigenvalue weighted by Gasteiger charge is 2.52. The molecule has 2 amide bonds. The van der Waals surface area contributed by atoms with Crippen molar-refractivity contribution in [3.05, 3.63) is 61.6 Å². The smallest absolute Gasteiger partial charge is 0.444 e. The Morgan fingerprint density at radius 3 is 1.44 bits per heavy atom. The van der Waals surface area contributed by atoms with Gasteiger partial charge in [-0.25, -0.2) is 9.59 Å². The van der Waals surface area contributed by atoms with Crippen LogP contribution in [0.2, 0.25) is 0 Å². The van der Waals surface area contributed by atoms with Gasteiger partial charge in [0.25, 0.3) is 0 Å². The van der Waals surface area contributed by atoms with Gasteiger partial charge in [-0.15, -0.1) is 22.7 Å². The summed E-state index contributed by atoms with van der Waals surface area (Å²) in [7, 11) is -0.398. The van der Waals surface area contributed by atoms with Crippen molar-refractivity contribution < 1.29 is 47.5 Å². The van der Waals surface area contributed by atoms with Gasteiger partial charge in [0.15, 0.2) is 0 Å². The summed E-state index contributed by atoms with van der Waals surface area (Å²) >= 11 is 6.96. The van der Waals surface area contributed by atoms with Crippen LogP contribution in [0.3, 0.4) is 0 Å². The number of amides is 2. The Labute approximate surface area is 405 Å². The highest BCUT2D eigenvalue weighted by atomic mass is 79.9. The molecule has 7 heterocycles. The fourth-order valence-corrected chi connectivity index (χ4v) is 9.29. The number of hydrogen-bond donors (Lipinski definition) is 0. The molecule has 7 rings (SSSR count). The summed E-state index contributed by atoms with van der Waals surface area (Å²) in [5, 5.41) is 13.5. The monoisotopic (exact) mass is 1020 g/mol. The summed E-state index contributed by atoms with van der Waals surface area (Å²) in [5.74, 6) is 0. The average Bonchev–Trinajstić information content (AvgIpc) is 4.07. The fraction of sp³-hybridized carbons (Fsp3) is 0.609. The first kappa shape index (κ1) is 55.9. The number of halogens is 1. The van der Waals surface area contributed by atoms with Crippen molar-refractivity contribution in [2.24, 2.45) is 0 Å². The third-order valence-electron chi connectivity index (χ3n) is 11.5. The van der Waals surface area contributed by atoms with Gasteiger partial charge in [0, 0.05) is 60.7 Å². The Morgan fingerprint density at radius 2 is 1.09 bits per heavy atom. The summed E-state index contributed by atoms with van der Waals surface area (Å²) in [6, 6.07) is 0.605. The number of aromatic nitrogens is 4. The Balaban J connectivity index is 0.000000273. The van der Waals surface area contributed by atoms with Gasteiger partial charge < -0.3 is 28.6 Å². The standard InChI is InChI=1S/C19H32BN3O4.C19H27N3O2S.C6H7BrS.2CO2/c1-17(2,3)25-16(24)22-10-8-15(9-11-22)23-13-14(12-21-23)20-26-18(4,5)19(6,7)27-20;1-13-12-25-17(14(13)2)15-10-20-22(11-15)16-6-8-21(9-7-16)18(23)24-19(3,4)5;1-4-3-8-6(7)5(4)2;2*2-1-3/h12-13,15H,8-11H2,1-7H3;10-12,16H,6-9H2,1-5H3;3H,1-2H3;;. The second kappa shape index (κ2) is 24.0. The van der Waals surface area contributed by atoms with Crippen LogP contribution in [-0.4, -0.2) is 110 Å². The summed E-state index contributed by atoms with van der Waals surface area (Å²) in [6.45, 7) is 30.9. The number of thiophene rings is 2. The van der Waals surface area contributed by atoms with E-state index in [9.17, 15) is 9.59 Å². The molecule has 362 valence electrons. The molecular weight excluding hydrogens is 951 g/mol. The summed E-state index contributed by atoms with van der Waals surface area (Å²) < 4.78 is 28.4. The Morgan fingerprint density at radius 1 is 0.697 bits per heavy atom. The molecule has 3 saturated heterocycles. The first-order chi connectivity index (χ1) is 30.7. The van der Waals surface area contributed by atoms with Crippen LogP contribution in [-0.2, 0) is 38.0 Å². The fourth-order valence-electron chi connectivity index (χ4n) is 6.85. The van der Waals surface area contributed by atoms with Gasteiger partial charge in [0.1, 0.15) is 11.2 Å². The predicted octanol–water partition coefficient (Wildman–Crippen LogP) is 9.52. The quantitative estimate of drug-likeness (QED) is 0.177. The molecule has 3 aliphatic rings. The Kier molecular flexibility index (Phi) is 20.4. The first-order valence-electron chi connectivity index (χ1n) is 21.8. The van der Waals surface area contributed by atoms with Crippen molar-refractivity contribution in [3.8, 4) is 10.4 Å². The molecule has 0 spiro atoms. The Hall–Kier alpha value is -4.42. The van der Waals surface area contributed by atoms with E-state index in [4.69, 9.17) is 38.0 Å². The molecule has 0 N–H and O–H groups in total. The number of nitrogens with zero attached hydrogens (tertiary/aromatic N) is 6. The molecule has 0 radical (unpaired) electrons. The molecule has 0 unspecified atom stereocenters. The van der Waals surface area contributed by atoms with Crippen LogP contribution in [0.4, 0.5) is 9.59 Å². The lowest BCUT2D eigenvalue weighted by Crippen LogP contribution is -2.42. The molecule has 16 nitrogen and oxygen atoms in total. The zero-order valence-corrected chi connectivity index (χ0v) is 44.0. The van der Waals surface area contributed by atoms with Crippen molar-refractivity contribution in [1.82, 2.24) is 29.4 Å². The molecule has 0 saturated carbocycles. The minimum atomic E-state index is -0.465. The van der Waals surface area contributed by atoms with Crippen LogP contribution in [0, 0.1) is 27.7 Å². The SMILES string of the molecule is CC(C)(C)OC(=O)N1CCC(n2cc(B3OC(C)(C)C(C)(C)O3)cn2)CC1.Cc1csc(-c2cnn(C3CCN(C(=O)OC(C)(C)C)CC3)c2)c1C.Cc1csc(Br)c1C.O=C=O.O=C=O. The number of piperidine rings is 2. The zero-order chi connectivity index (χ0) is 49.8. The maximum atomic E-state index is 12.2.